The molecule has 0 atom stereocenters. The number of rotatable bonds is 6. The van der Waals surface area contributed by atoms with Crippen LogP contribution in [0.25, 0.3) is 0 Å². The Morgan fingerprint density at radius 3 is 2.57 bits per heavy atom. The molecule has 1 saturated carbocycles. The number of carbonyl (C=O) groups is 1. The molecule has 0 aromatic carbocycles. The average molecular weight is 334 g/mol. The maximum atomic E-state index is 12.0. The molecule has 2 fully saturated rings. The van der Waals surface area contributed by atoms with Crippen molar-refractivity contribution in [2.45, 2.75) is 43.8 Å². The van der Waals surface area contributed by atoms with E-state index in [1.54, 1.807) is 12.4 Å². The van der Waals surface area contributed by atoms with E-state index in [2.05, 4.69) is 20.2 Å². The fourth-order valence-corrected chi connectivity index (χ4v) is 4.51. The summed E-state index contributed by atoms with van der Waals surface area (Å²) in [4.78, 5) is 22.8. The van der Waals surface area contributed by atoms with E-state index >= 15 is 0 Å². The molecule has 1 aliphatic heterocycles. The van der Waals surface area contributed by atoms with Gasteiger partial charge in [-0.2, -0.15) is 0 Å². The molecule has 2 heterocycles. The van der Waals surface area contributed by atoms with Crippen LogP contribution in [0.2, 0.25) is 0 Å². The summed E-state index contributed by atoms with van der Waals surface area (Å²) in [6.45, 7) is 2.76. The lowest BCUT2D eigenvalue weighted by molar-refractivity contribution is -0.118. The van der Waals surface area contributed by atoms with E-state index in [1.807, 2.05) is 17.8 Å². The molecule has 1 amide bonds. The van der Waals surface area contributed by atoms with Crippen molar-refractivity contribution in [1.29, 1.82) is 0 Å². The number of amides is 1. The van der Waals surface area contributed by atoms with Gasteiger partial charge in [0.25, 0.3) is 0 Å². The second-order valence-electron chi connectivity index (χ2n) is 6.50. The standard InChI is InChI=1S/C17H26N4OS/c22-16(13-23-15-4-1-2-5-15)20-12-14-6-10-21(11-7-14)17-18-8-3-9-19-17/h3,8-9,14-15H,1-2,4-7,10-13H2,(H,20,22). The SMILES string of the molecule is O=C(CSC1CCCC1)NCC1CCN(c2ncccn2)CC1. The van der Waals surface area contributed by atoms with Crippen LogP contribution in [0.5, 0.6) is 0 Å². The summed E-state index contributed by atoms with van der Waals surface area (Å²) in [6, 6.07) is 1.84. The van der Waals surface area contributed by atoms with Crippen molar-refractivity contribution >= 4 is 23.6 Å². The lowest BCUT2D eigenvalue weighted by atomic mass is 9.97. The Balaban J connectivity index is 1.32. The van der Waals surface area contributed by atoms with E-state index in [4.69, 9.17) is 0 Å². The lowest BCUT2D eigenvalue weighted by Gasteiger charge is -2.31. The zero-order valence-corrected chi connectivity index (χ0v) is 14.4. The molecule has 3 rings (SSSR count). The Labute approximate surface area is 142 Å². The quantitative estimate of drug-likeness (QED) is 0.866. The maximum Gasteiger partial charge on any atom is 0.230 e. The van der Waals surface area contributed by atoms with Crippen LogP contribution in [0.15, 0.2) is 18.5 Å². The molecule has 0 spiro atoms. The highest BCUT2D eigenvalue weighted by Crippen LogP contribution is 2.29. The summed E-state index contributed by atoms with van der Waals surface area (Å²) < 4.78 is 0. The zero-order chi connectivity index (χ0) is 15.9. The Morgan fingerprint density at radius 1 is 1.17 bits per heavy atom. The van der Waals surface area contributed by atoms with Crippen LogP contribution >= 0.6 is 11.8 Å². The number of hydrogen-bond acceptors (Lipinski definition) is 5. The fraction of sp³-hybridized carbons (Fsp3) is 0.706. The van der Waals surface area contributed by atoms with E-state index in [0.29, 0.717) is 11.7 Å². The van der Waals surface area contributed by atoms with Crippen molar-refractivity contribution in [3.05, 3.63) is 18.5 Å². The van der Waals surface area contributed by atoms with Gasteiger partial charge < -0.3 is 10.2 Å². The highest BCUT2D eigenvalue weighted by Gasteiger charge is 2.21. The van der Waals surface area contributed by atoms with Crippen molar-refractivity contribution in [2.75, 3.05) is 30.3 Å². The summed E-state index contributed by atoms with van der Waals surface area (Å²) in [5, 5.41) is 3.84. The summed E-state index contributed by atoms with van der Waals surface area (Å²) >= 11 is 1.84. The molecular formula is C17H26N4OS. The number of nitrogens with zero attached hydrogens (tertiary/aromatic N) is 3. The monoisotopic (exact) mass is 334 g/mol. The van der Waals surface area contributed by atoms with Gasteiger partial charge in [0.15, 0.2) is 0 Å². The number of piperidine rings is 1. The topological polar surface area (TPSA) is 58.1 Å². The molecule has 2 aliphatic rings. The van der Waals surface area contributed by atoms with Crippen LogP contribution in [-0.4, -0.2) is 46.5 Å². The van der Waals surface area contributed by atoms with E-state index in [-0.39, 0.29) is 5.91 Å². The molecular weight excluding hydrogens is 308 g/mol. The minimum Gasteiger partial charge on any atom is -0.355 e. The average Bonchev–Trinajstić information content (AvgIpc) is 3.13. The van der Waals surface area contributed by atoms with Gasteiger partial charge >= 0.3 is 0 Å². The molecule has 1 saturated heterocycles. The zero-order valence-electron chi connectivity index (χ0n) is 13.6. The highest BCUT2D eigenvalue weighted by molar-refractivity contribution is 8.00. The first kappa shape index (κ1) is 16.6. The van der Waals surface area contributed by atoms with E-state index in [1.165, 1.54) is 25.7 Å². The Bertz CT molecular complexity index is 485. The van der Waals surface area contributed by atoms with Gasteiger partial charge in [-0.25, -0.2) is 9.97 Å². The third-order valence-corrected chi connectivity index (χ3v) is 6.16. The smallest absolute Gasteiger partial charge is 0.230 e. The Hall–Kier alpha value is -1.30. The number of carbonyl (C=O) groups excluding carboxylic acids is 1. The molecule has 23 heavy (non-hydrogen) atoms. The number of aromatic nitrogens is 2. The largest absolute Gasteiger partial charge is 0.355 e. The lowest BCUT2D eigenvalue weighted by Crippen LogP contribution is -2.39. The van der Waals surface area contributed by atoms with E-state index in [0.717, 1.165) is 43.7 Å². The molecule has 1 aromatic rings. The normalized spacial score (nSPS) is 19.9. The van der Waals surface area contributed by atoms with Crippen LogP contribution in [0.1, 0.15) is 38.5 Å². The van der Waals surface area contributed by atoms with Crippen molar-refractivity contribution < 1.29 is 4.79 Å². The Morgan fingerprint density at radius 2 is 1.87 bits per heavy atom. The van der Waals surface area contributed by atoms with Crippen molar-refractivity contribution in [3.63, 3.8) is 0 Å². The Kier molecular flexibility index (Phi) is 6.13. The van der Waals surface area contributed by atoms with Crippen molar-refractivity contribution in [1.82, 2.24) is 15.3 Å². The predicted octanol–water partition coefficient (Wildman–Crippen LogP) is 2.49. The van der Waals surface area contributed by atoms with Gasteiger partial charge in [-0.15, -0.1) is 11.8 Å². The molecule has 5 nitrogen and oxygen atoms in total. The van der Waals surface area contributed by atoms with Crippen LogP contribution < -0.4 is 10.2 Å². The van der Waals surface area contributed by atoms with Gasteiger partial charge in [-0.3, -0.25) is 4.79 Å². The van der Waals surface area contributed by atoms with E-state index < -0.39 is 0 Å². The third-order valence-electron chi connectivity index (χ3n) is 4.79. The second kappa shape index (κ2) is 8.52. The fourth-order valence-electron chi connectivity index (χ4n) is 3.35. The van der Waals surface area contributed by atoms with Gasteiger partial charge in [0.1, 0.15) is 0 Å². The molecule has 0 unspecified atom stereocenters. The predicted molar refractivity (Wildman–Crippen MR) is 94.7 cm³/mol. The molecule has 126 valence electrons. The summed E-state index contributed by atoms with van der Waals surface area (Å²) in [6.07, 6.45) is 11.0. The summed E-state index contributed by atoms with van der Waals surface area (Å²) in [7, 11) is 0. The molecule has 1 N–H and O–H groups in total. The molecule has 1 aliphatic carbocycles. The molecule has 1 aromatic heterocycles. The number of anilines is 1. The van der Waals surface area contributed by atoms with Crippen molar-refractivity contribution in [2.24, 2.45) is 5.92 Å². The van der Waals surface area contributed by atoms with Gasteiger partial charge in [0.2, 0.25) is 11.9 Å². The van der Waals surface area contributed by atoms with Crippen LogP contribution in [0.3, 0.4) is 0 Å². The maximum absolute atomic E-state index is 12.0. The second-order valence-corrected chi connectivity index (χ2v) is 7.79. The summed E-state index contributed by atoms with van der Waals surface area (Å²) in [5.41, 5.74) is 0. The third kappa shape index (κ3) is 5.09. The van der Waals surface area contributed by atoms with Gasteiger partial charge in [0, 0.05) is 37.3 Å². The van der Waals surface area contributed by atoms with Crippen LogP contribution in [0, 0.1) is 5.92 Å². The minimum atomic E-state index is 0.204. The number of nitrogens with one attached hydrogen (secondary N) is 1. The molecule has 0 radical (unpaired) electrons. The molecule has 6 heteroatoms. The number of hydrogen-bond donors (Lipinski definition) is 1. The minimum absolute atomic E-state index is 0.204. The van der Waals surface area contributed by atoms with Crippen molar-refractivity contribution in [3.8, 4) is 0 Å². The van der Waals surface area contributed by atoms with Gasteiger partial charge in [-0.05, 0) is 37.7 Å². The van der Waals surface area contributed by atoms with Crippen LogP contribution in [0.4, 0.5) is 5.95 Å². The highest BCUT2D eigenvalue weighted by atomic mass is 32.2. The first-order chi connectivity index (χ1) is 11.3. The number of thioether (sulfide) groups is 1. The van der Waals surface area contributed by atoms with E-state index in [9.17, 15) is 4.79 Å². The summed E-state index contributed by atoms with van der Waals surface area (Å²) in [5.74, 6) is 2.23. The van der Waals surface area contributed by atoms with Gasteiger partial charge in [0.05, 0.1) is 5.75 Å². The van der Waals surface area contributed by atoms with Crippen LogP contribution in [-0.2, 0) is 4.79 Å². The van der Waals surface area contributed by atoms with Gasteiger partial charge in [-0.1, -0.05) is 12.8 Å². The first-order valence-electron chi connectivity index (χ1n) is 8.71. The molecule has 0 bridgehead atoms. The first-order valence-corrected chi connectivity index (χ1v) is 9.76.